The number of hydrogen-bond acceptors (Lipinski definition) is 1. The summed E-state index contributed by atoms with van der Waals surface area (Å²) in [6, 6.07) is 0. The summed E-state index contributed by atoms with van der Waals surface area (Å²) in [5.41, 5.74) is -0.784. The van der Waals surface area contributed by atoms with Crippen molar-refractivity contribution in [3.63, 3.8) is 0 Å². The van der Waals surface area contributed by atoms with Crippen molar-refractivity contribution in [1.29, 1.82) is 0 Å². The van der Waals surface area contributed by atoms with E-state index < -0.39 is 14.6 Å². The molecule has 0 amide bonds. The molecule has 0 saturated heterocycles. The quantitative estimate of drug-likeness (QED) is 0.712. The van der Waals surface area contributed by atoms with E-state index in [9.17, 15) is 4.79 Å². The van der Waals surface area contributed by atoms with E-state index in [-0.39, 0.29) is 18.1 Å². The van der Waals surface area contributed by atoms with Crippen molar-refractivity contribution in [1.82, 2.24) is 0 Å². The van der Waals surface area contributed by atoms with Crippen LogP contribution in [0.15, 0.2) is 0 Å². The standard InChI is InChI=1S/C8H11Cl5O/c1-7(2,6(14)4-9)5(10)3-8(11,12)13/h5H,3-4H2,1-2H3. The molecule has 1 atom stereocenters. The van der Waals surface area contributed by atoms with Gasteiger partial charge in [0.25, 0.3) is 0 Å². The fraction of sp³-hybridized carbons (Fsp3) is 0.875. The number of Topliss-reactive ketones (excluding diaryl/α,β-unsaturated/α-hetero) is 1. The van der Waals surface area contributed by atoms with E-state index in [4.69, 9.17) is 58.0 Å². The monoisotopic (exact) mass is 298 g/mol. The van der Waals surface area contributed by atoms with Gasteiger partial charge in [-0.25, -0.2) is 0 Å². The molecule has 14 heavy (non-hydrogen) atoms. The van der Waals surface area contributed by atoms with Crippen LogP contribution in [0.4, 0.5) is 0 Å². The van der Waals surface area contributed by atoms with Gasteiger partial charge in [0.1, 0.15) is 0 Å². The lowest BCUT2D eigenvalue weighted by atomic mass is 9.83. The highest BCUT2D eigenvalue weighted by molar-refractivity contribution is 6.67. The van der Waals surface area contributed by atoms with Gasteiger partial charge in [0.15, 0.2) is 9.58 Å². The van der Waals surface area contributed by atoms with Crippen molar-refractivity contribution in [3.05, 3.63) is 0 Å². The molecule has 0 fully saturated rings. The van der Waals surface area contributed by atoms with Crippen LogP contribution in [0.1, 0.15) is 20.3 Å². The predicted octanol–water partition coefficient (Wildman–Crippen LogP) is 4.19. The second kappa shape index (κ2) is 5.45. The highest BCUT2D eigenvalue weighted by Gasteiger charge is 2.38. The van der Waals surface area contributed by atoms with Crippen molar-refractivity contribution < 1.29 is 4.79 Å². The molecule has 0 heterocycles. The van der Waals surface area contributed by atoms with Crippen LogP contribution in [0.2, 0.25) is 0 Å². The molecule has 0 bridgehead atoms. The average molecular weight is 300 g/mol. The van der Waals surface area contributed by atoms with Gasteiger partial charge >= 0.3 is 0 Å². The maximum absolute atomic E-state index is 11.4. The molecule has 0 aliphatic rings. The minimum atomic E-state index is -1.45. The summed E-state index contributed by atoms with van der Waals surface area (Å²) in [5, 5.41) is -0.554. The highest BCUT2D eigenvalue weighted by Crippen LogP contribution is 2.39. The van der Waals surface area contributed by atoms with Gasteiger partial charge in [-0.3, -0.25) is 4.79 Å². The summed E-state index contributed by atoms with van der Waals surface area (Å²) in [7, 11) is 0. The lowest BCUT2D eigenvalue weighted by Gasteiger charge is -2.29. The van der Waals surface area contributed by atoms with Crippen molar-refractivity contribution in [2.45, 2.75) is 29.4 Å². The molecule has 6 heteroatoms. The van der Waals surface area contributed by atoms with Crippen molar-refractivity contribution in [2.75, 3.05) is 5.88 Å². The number of hydrogen-bond donors (Lipinski definition) is 0. The summed E-state index contributed by atoms with van der Waals surface area (Å²) in [4.78, 5) is 11.4. The molecule has 0 aromatic rings. The molecule has 0 aliphatic carbocycles. The second-order valence-electron chi connectivity index (χ2n) is 3.57. The van der Waals surface area contributed by atoms with E-state index in [1.54, 1.807) is 13.8 Å². The minimum absolute atomic E-state index is 0.0872. The molecule has 0 spiro atoms. The molecule has 0 aromatic carbocycles. The Morgan fingerprint density at radius 2 is 1.71 bits per heavy atom. The Hall–Kier alpha value is 1.12. The SMILES string of the molecule is CC(C)(C(=O)CCl)C(Cl)CC(Cl)(Cl)Cl. The Balaban J connectivity index is 4.51. The molecule has 84 valence electrons. The Morgan fingerprint density at radius 3 is 2.00 bits per heavy atom. The maximum atomic E-state index is 11.4. The Bertz CT molecular complexity index is 208. The van der Waals surface area contributed by atoms with Crippen molar-refractivity contribution in [2.24, 2.45) is 5.41 Å². The number of halogens is 5. The van der Waals surface area contributed by atoms with Gasteiger partial charge in [0.2, 0.25) is 0 Å². The lowest BCUT2D eigenvalue weighted by Crippen LogP contribution is -2.37. The van der Waals surface area contributed by atoms with Gasteiger partial charge in [-0.1, -0.05) is 48.7 Å². The fourth-order valence-corrected chi connectivity index (χ4v) is 2.20. The molecular formula is C8H11Cl5O. The number of alkyl halides is 5. The van der Waals surface area contributed by atoms with Gasteiger partial charge < -0.3 is 0 Å². The third kappa shape index (κ3) is 4.76. The molecular weight excluding hydrogens is 289 g/mol. The Kier molecular flexibility index (Phi) is 5.88. The Morgan fingerprint density at radius 1 is 1.29 bits per heavy atom. The average Bonchev–Trinajstić information content (AvgIpc) is 1.99. The van der Waals surface area contributed by atoms with Gasteiger partial charge in [0.05, 0.1) is 5.88 Å². The largest absolute Gasteiger partial charge is 0.298 e. The summed E-state index contributed by atoms with van der Waals surface area (Å²) < 4.78 is -1.45. The lowest BCUT2D eigenvalue weighted by molar-refractivity contribution is -0.124. The van der Waals surface area contributed by atoms with Crippen LogP contribution in [0.3, 0.4) is 0 Å². The van der Waals surface area contributed by atoms with Crippen LogP contribution in [-0.4, -0.2) is 20.8 Å². The van der Waals surface area contributed by atoms with E-state index >= 15 is 0 Å². The second-order valence-corrected chi connectivity index (χ2v) is 6.88. The first-order valence-electron chi connectivity index (χ1n) is 3.91. The maximum Gasteiger partial charge on any atom is 0.192 e. The van der Waals surface area contributed by atoms with E-state index in [1.807, 2.05) is 0 Å². The van der Waals surface area contributed by atoms with E-state index in [1.165, 1.54) is 0 Å². The van der Waals surface area contributed by atoms with Crippen LogP contribution in [-0.2, 0) is 4.79 Å². The highest BCUT2D eigenvalue weighted by atomic mass is 35.6. The first-order chi connectivity index (χ1) is 6.11. The van der Waals surface area contributed by atoms with Crippen LogP contribution < -0.4 is 0 Å². The third-order valence-corrected chi connectivity index (χ3v) is 3.44. The van der Waals surface area contributed by atoms with Crippen molar-refractivity contribution >= 4 is 63.8 Å². The van der Waals surface area contributed by atoms with Crippen LogP contribution in [0.25, 0.3) is 0 Å². The zero-order valence-electron chi connectivity index (χ0n) is 7.79. The first kappa shape index (κ1) is 15.1. The molecule has 1 unspecified atom stereocenters. The zero-order chi connectivity index (χ0) is 11.6. The van der Waals surface area contributed by atoms with E-state index in [0.29, 0.717) is 0 Å². The van der Waals surface area contributed by atoms with Crippen molar-refractivity contribution in [3.8, 4) is 0 Å². The first-order valence-corrected chi connectivity index (χ1v) is 6.02. The molecule has 0 aliphatic heterocycles. The molecule has 0 N–H and O–H groups in total. The Labute approximate surface area is 109 Å². The molecule has 0 rings (SSSR count). The fourth-order valence-electron chi connectivity index (χ4n) is 0.805. The number of carbonyl (C=O) groups excluding carboxylic acids is 1. The predicted molar refractivity (Wildman–Crippen MR) is 64.1 cm³/mol. The summed E-state index contributed by atoms with van der Waals surface area (Å²) in [6.07, 6.45) is 0.106. The molecule has 0 aromatic heterocycles. The van der Waals surface area contributed by atoms with E-state index in [0.717, 1.165) is 0 Å². The number of rotatable bonds is 4. The summed E-state index contributed by atoms with van der Waals surface area (Å²) >= 11 is 28.2. The third-order valence-electron chi connectivity index (χ3n) is 2.03. The van der Waals surface area contributed by atoms with Crippen LogP contribution >= 0.6 is 58.0 Å². The van der Waals surface area contributed by atoms with Crippen LogP contribution in [0.5, 0.6) is 0 Å². The normalized spacial score (nSPS) is 15.4. The summed E-state index contributed by atoms with van der Waals surface area (Å²) in [6.45, 7) is 3.37. The number of ketones is 1. The topological polar surface area (TPSA) is 17.1 Å². The zero-order valence-corrected chi connectivity index (χ0v) is 11.6. The molecule has 1 nitrogen and oxygen atoms in total. The van der Waals surface area contributed by atoms with Crippen LogP contribution in [0, 0.1) is 5.41 Å². The van der Waals surface area contributed by atoms with E-state index in [2.05, 4.69) is 0 Å². The molecule has 0 radical (unpaired) electrons. The van der Waals surface area contributed by atoms with Gasteiger partial charge in [-0.15, -0.1) is 23.2 Å². The number of carbonyl (C=O) groups is 1. The van der Waals surface area contributed by atoms with Gasteiger partial charge in [-0.05, 0) is 0 Å². The minimum Gasteiger partial charge on any atom is -0.298 e. The molecule has 0 saturated carbocycles. The summed E-state index contributed by atoms with van der Waals surface area (Å²) in [5.74, 6) is -0.246. The van der Waals surface area contributed by atoms with Gasteiger partial charge in [-0.2, -0.15) is 0 Å². The van der Waals surface area contributed by atoms with Gasteiger partial charge in [0, 0.05) is 17.2 Å². The smallest absolute Gasteiger partial charge is 0.192 e.